The molecule has 1 fully saturated rings. The SMILES string of the molecule is Cc1n[nH]c(C)c1-c1ccc(NC(=O)[C@@H](NC(=O)C2(F)CC2)[C@@H]2CCc3ccc(-c4cc(C)c(=O)n(C(C)C)c4)cc32)cc1. The van der Waals surface area contributed by atoms with Crippen LogP contribution < -0.4 is 16.2 Å². The highest BCUT2D eigenvalue weighted by Crippen LogP contribution is 2.42. The summed E-state index contributed by atoms with van der Waals surface area (Å²) < 4.78 is 16.6. The molecule has 0 spiro atoms. The second-order valence-electron chi connectivity index (χ2n) is 12.6. The highest BCUT2D eigenvalue weighted by atomic mass is 19.1. The summed E-state index contributed by atoms with van der Waals surface area (Å²) in [5.74, 6) is -1.47. The van der Waals surface area contributed by atoms with E-state index < -0.39 is 23.5 Å². The van der Waals surface area contributed by atoms with Gasteiger partial charge in [0.1, 0.15) is 6.04 Å². The molecule has 0 saturated heterocycles. The standard InChI is InChI=1S/C35H38FN5O3/c1-19(2)41-18-26(16-20(3)33(41)43)25-7-6-23-10-13-28(29(23)17-25)31(38-34(44)35(36)14-15-35)32(42)37-27-11-8-24(9-12-27)30-21(4)39-40-22(30)5/h6-9,11-12,16-19,28,31H,10,13-15H2,1-5H3,(H,37,42)(H,38,44)(H,39,40)/t28-,31+/m1/s1. The summed E-state index contributed by atoms with van der Waals surface area (Å²) in [5.41, 5.74) is 7.00. The van der Waals surface area contributed by atoms with Crippen molar-refractivity contribution < 1.29 is 14.0 Å². The second kappa shape index (κ2) is 11.2. The molecular weight excluding hydrogens is 557 g/mol. The van der Waals surface area contributed by atoms with Gasteiger partial charge in [0.25, 0.3) is 11.5 Å². The third-order valence-corrected chi connectivity index (χ3v) is 9.02. The van der Waals surface area contributed by atoms with Crippen LogP contribution in [-0.4, -0.2) is 38.3 Å². The molecule has 3 N–H and O–H groups in total. The van der Waals surface area contributed by atoms with E-state index in [1.54, 1.807) is 4.57 Å². The summed E-state index contributed by atoms with van der Waals surface area (Å²) in [7, 11) is 0. The molecule has 2 heterocycles. The highest BCUT2D eigenvalue weighted by Gasteiger charge is 2.52. The minimum absolute atomic E-state index is 0.00357. The smallest absolute Gasteiger partial charge is 0.258 e. The lowest BCUT2D eigenvalue weighted by Crippen LogP contribution is -2.50. The Kier molecular flexibility index (Phi) is 7.51. The van der Waals surface area contributed by atoms with Crippen LogP contribution in [0.3, 0.4) is 0 Å². The number of nitrogens with one attached hydrogen (secondary N) is 3. The average Bonchev–Trinajstić information content (AvgIpc) is 3.48. The van der Waals surface area contributed by atoms with Gasteiger partial charge in [-0.1, -0.05) is 30.3 Å². The van der Waals surface area contributed by atoms with E-state index in [0.29, 0.717) is 17.7 Å². The van der Waals surface area contributed by atoms with Crippen molar-refractivity contribution in [2.75, 3.05) is 5.32 Å². The Labute approximate surface area is 256 Å². The number of aromatic nitrogens is 3. The van der Waals surface area contributed by atoms with Gasteiger partial charge in [0.15, 0.2) is 5.67 Å². The van der Waals surface area contributed by atoms with Gasteiger partial charge < -0.3 is 15.2 Å². The largest absolute Gasteiger partial charge is 0.341 e. The zero-order valence-corrected chi connectivity index (χ0v) is 25.8. The molecule has 0 aliphatic heterocycles. The van der Waals surface area contributed by atoms with Crippen molar-refractivity contribution in [1.29, 1.82) is 0 Å². The molecule has 1 saturated carbocycles. The first-order chi connectivity index (χ1) is 20.9. The maximum absolute atomic E-state index is 14.9. The van der Waals surface area contributed by atoms with Gasteiger partial charge in [-0.05, 0) is 106 Å². The van der Waals surface area contributed by atoms with Crippen molar-refractivity contribution in [2.24, 2.45) is 0 Å². The van der Waals surface area contributed by atoms with Crippen molar-refractivity contribution in [3.63, 3.8) is 0 Å². The first kappa shape index (κ1) is 29.5. The Hall–Kier alpha value is -4.53. The normalized spacial score (nSPS) is 17.3. The van der Waals surface area contributed by atoms with E-state index in [9.17, 15) is 18.8 Å². The van der Waals surface area contributed by atoms with Gasteiger partial charge in [0.05, 0.1) is 5.69 Å². The molecule has 6 rings (SSSR count). The van der Waals surface area contributed by atoms with Crippen molar-refractivity contribution in [3.05, 3.63) is 93.2 Å². The van der Waals surface area contributed by atoms with Gasteiger partial charge in [-0.2, -0.15) is 5.10 Å². The lowest BCUT2D eigenvalue weighted by atomic mass is 9.90. The molecule has 0 bridgehead atoms. The van der Waals surface area contributed by atoms with Gasteiger partial charge >= 0.3 is 0 Å². The summed E-state index contributed by atoms with van der Waals surface area (Å²) in [6, 6.07) is 14.5. The highest BCUT2D eigenvalue weighted by molar-refractivity contribution is 6.00. The maximum Gasteiger partial charge on any atom is 0.258 e. The predicted molar refractivity (Wildman–Crippen MR) is 169 cm³/mol. The number of rotatable bonds is 8. The van der Waals surface area contributed by atoms with E-state index in [1.165, 1.54) is 0 Å². The third kappa shape index (κ3) is 5.47. The molecule has 9 heteroatoms. The molecule has 8 nitrogen and oxygen atoms in total. The van der Waals surface area contributed by atoms with Gasteiger partial charge in [-0.15, -0.1) is 0 Å². The molecule has 2 aromatic carbocycles. The van der Waals surface area contributed by atoms with Crippen LogP contribution in [0.15, 0.2) is 59.5 Å². The molecule has 0 radical (unpaired) electrons. The Morgan fingerprint density at radius 1 is 1.02 bits per heavy atom. The van der Waals surface area contributed by atoms with Crippen LogP contribution in [0.1, 0.15) is 73.1 Å². The molecule has 228 valence electrons. The topological polar surface area (TPSA) is 109 Å². The van der Waals surface area contributed by atoms with Crippen LogP contribution in [0.5, 0.6) is 0 Å². The Morgan fingerprint density at radius 2 is 1.73 bits per heavy atom. The zero-order valence-electron chi connectivity index (χ0n) is 25.8. The van der Waals surface area contributed by atoms with Crippen LogP contribution in [0.25, 0.3) is 22.3 Å². The predicted octanol–water partition coefficient (Wildman–Crippen LogP) is 6.07. The zero-order chi connectivity index (χ0) is 31.3. The lowest BCUT2D eigenvalue weighted by molar-refractivity contribution is -0.131. The number of alkyl halides is 1. The quantitative estimate of drug-likeness (QED) is 0.230. The summed E-state index contributed by atoms with van der Waals surface area (Å²) in [5, 5.41) is 13.0. The number of aromatic amines is 1. The summed E-state index contributed by atoms with van der Waals surface area (Å²) in [6.45, 7) is 9.65. The van der Waals surface area contributed by atoms with Gasteiger partial charge in [-0.3, -0.25) is 19.5 Å². The van der Waals surface area contributed by atoms with Gasteiger partial charge in [0.2, 0.25) is 5.91 Å². The molecule has 2 aliphatic carbocycles. The molecule has 44 heavy (non-hydrogen) atoms. The van der Waals surface area contributed by atoms with Gasteiger partial charge in [-0.25, -0.2) is 4.39 Å². The molecule has 2 aromatic heterocycles. The summed E-state index contributed by atoms with van der Waals surface area (Å²) in [4.78, 5) is 39.5. The van der Waals surface area contributed by atoms with Crippen molar-refractivity contribution in [3.8, 4) is 22.3 Å². The number of pyridine rings is 1. The summed E-state index contributed by atoms with van der Waals surface area (Å²) in [6.07, 6.45) is 3.58. The van der Waals surface area contributed by atoms with E-state index >= 15 is 0 Å². The molecular formula is C35H38FN5O3. The number of hydrogen-bond acceptors (Lipinski definition) is 4. The minimum Gasteiger partial charge on any atom is -0.341 e. The van der Waals surface area contributed by atoms with E-state index in [1.807, 2.05) is 77.2 Å². The van der Waals surface area contributed by atoms with E-state index in [2.05, 4.69) is 33.0 Å². The Bertz CT molecular complexity index is 1800. The van der Waals surface area contributed by atoms with Crippen LogP contribution in [-0.2, 0) is 16.0 Å². The Balaban J connectivity index is 1.31. The second-order valence-corrected chi connectivity index (χ2v) is 12.6. The molecule has 0 unspecified atom stereocenters. The van der Waals surface area contributed by atoms with Crippen molar-refractivity contribution >= 4 is 17.5 Å². The maximum atomic E-state index is 14.9. The number of aryl methyl sites for hydroxylation is 4. The van der Waals surface area contributed by atoms with Gasteiger partial charge in [0, 0.05) is 40.7 Å². The number of H-pyrrole nitrogens is 1. The fourth-order valence-corrected chi connectivity index (χ4v) is 6.32. The molecule has 2 amide bonds. The van der Waals surface area contributed by atoms with E-state index in [0.717, 1.165) is 51.2 Å². The molecule has 4 aromatic rings. The number of halogens is 1. The minimum atomic E-state index is -1.91. The van der Waals surface area contributed by atoms with Crippen LogP contribution in [0, 0.1) is 20.8 Å². The molecule has 2 aliphatic rings. The van der Waals surface area contributed by atoms with E-state index in [4.69, 9.17) is 0 Å². The van der Waals surface area contributed by atoms with Crippen LogP contribution in [0.2, 0.25) is 0 Å². The number of carbonyl (C=O) groups is 2. The average molecular weight is 596 g/mol. The number of benzene rings is 2. The number of amides is 2. The fourth-order valence-electron chi connectivity index (χ4n) is 6.32. The van der Waals surface area contributed by atoms with E-state index in [-0.39, 0.29) is 30.4 Å². The number of hydrogen-bond donors (Lipinski definition) is 3. The monoisotopic (exact) mass is 595 g/mol. The number of anilines is 1. The van der Waals surface area contributed by atoms with Crippen LogP contribution in [0.4, 0.5) is 10.1 Å². The first-order valence-corrected chi connectivity index (χ1v) is 15.2. The number of fused-ring (bicyclic) bond motifs is 1. The van der Waals surface area contributed by atoms with Crippen molar-refractivity contribution in [1.82, 2.24) is 20.1 Å². The third-order valence-electron chi connectivity index (χ3n) is 9.02. The Morgan fingerprint density at radius 3 is 2.36 bits per heavy atom. The fraction of sp³-hybridized carbons (Fsp3) is 0.371. The molecule has 2 atom stereocenters. The first-order valence-electron chi connectivity index (χ1n) is 15.2. The lowest BCUT2D eigenvalue weighted by Gasteiger charge is -2.26. The number of carbonyl (C=O) groups excluding carboxylic acids is 2. The van der Waals surface area contributed by atoms with Crippen molar-refractivity contribution in [2.45, 2.75) is 84.0 Å². The van der Waals surface area contributed by atoms with Crippen LogP contribution >= 0.6 is 0 Å². The number of nitrogens with zero attached hydrogens (tertiary/aromatic N) is 2. The summed E-state index contributed by atoms with van der Waals surface area (Å²) >= 11 is 0.